The van der Waals surface area contributed by atoms with Crippen molar-refractivity contribution < 1.29 is 124 Å². The molecule has 0 amide bonds. The molecule has 5 aliphatic carbocycles. The number of aromatic hydroxyl groups is 5. The summed E-state index contributed by atoms with van der Waals surface area (Å²) in [4.78, 5) is 84.1. The Kier molecular flexibility index (Phi) is 28.7. The molecule has 674 valence electrons. The standard InChI is InChI=1S/2C21H28O6.C19H24O6.C19H28O3.C18H24O4/c1-4-5-6-7-12-10-14-17(18(23)15(12)20(24)25)16-13(11(2)22)8-9-21(3,26)19(16)27-14;1-4-5-6-7-12-10-14(23)17-16-13(11(2)22)8-9-21(3,26)19(16)27-18(17)15(12)20(24)25;1-4-5-10-8-12-15(16(21)13(10)18(22)23)14-11(9(2)20)6-7-19(3,24)17(14)25-12;1-5-6-12-9-14(20)17-15(10-12)22-18-11(2)7-8-13(16(17)18)19(3,4)21;1-4-5-11-8-13(20)16-14(9-11)22-17-15(16)12(10(2)19)6-7-18(17,3)21/h2*10,13,16,19,23,26H,4-9H2,1-3H3,(H,24,25);8,11,14,17,21,24H,4-7H2,1-3H3,(H,22,23);9-11,13,16,18,20-21H,5-8H2,1-4H3;8-9,12,15,17,20-21H,4-7H2,1-3H3/t2*13-,16+,19-,21-;11-,14+,17-,19-;;12-,15+,17-,18-/m000.0/s1. The number of carboxylic acid groups (broad SMARTS) is 3. The van der Waals surface area contributed by atoms with E-state index in [1.807, 2.05) is 32.9 Å². The lowest BCUT2D eigenvalue weighted by molar-refractivity contribution is -0.131. The molecule has 0 bridgehead atoms. The van der Waals surface area contributed by atoms with Gasteiger partial charge in [-0.1, -0.05) is 86.5 Å². The molecule has 5 aromatic carbocycles. The number of aromatic carboxylic acids is 3. The number of hydrogen-bond acceptors (Lipinski definition) is 22. The molecule has 0 saturated heterocycles. The van der Waals surface area contributed by atoms with Crippen LogP contribution in [0, 0.1) is 35.5 Å². The molecule has 0 aromatic heterocycles. The van der Waals surface area contributed by atoms with Crippen molar-refractivity contribution in [2.75, 3.05) is 0 Å². The number of Topliss-reactive ketones (excluding diaryl/α,β-unsaturated/α-hetero) is 4. The van der Waals surface area contributed by atoms with Crippen LogP contribution in [0.2, 0.25) is 0 Å². The Hall–Kier alpha value is -9.01. The number of phenols is 5. The van der Waals surface area contributed by atoms with Gasteiger partial charge in [0, 0.05) is 81.1 Å². The highest BCUT2D eigenvalue weighted by molar-refractivity contribution is 5.97. The second-order valence-corrected chi connectivity index (χ2v) is 38.3. The number of hydrogen-bond donors (Lipinski definition) is 13. The van der Waals surface area contributed by atoms with Crippen molar-refractivity contribution in [3.63, 3.8) is 0 Å². The van der Waals surface area contributed by atoms with E-state index in [-0.39, 0.29) is 98.3 Å². The van der Waals surface area contributed by atoms with Gasteiger partial charge in [-0.2, -0.15) is 0 Å². The maximum absolute atomic E-state index is 12.2. The van der Waals surface area contributed by atoms with Crippen LogP contribution < -0.4 is 23.7 Å². The van der Waals surface area contributed by atoms with Gasteiger partial charge in [-0.3, -0.25) is 19.2 Å². The average molecular weight is 1710 g/mol. The largest absolute Gasteiger partial charge is 0.508 e. The first kappa shape index (κ1) is 94.7. The predicted octanol–water partition coefficient (Wildman–Crippen LogP) is 16.4. The average Bonchev–Trinajstić information content (AvgIpc) is 1.56. The van der Waals surface area contributed by atoms with Crippen LogP contribution in [0.25, 0.3) is 0 Å². The third-order valence-corrected chi connectivity index (χ3v) is 28.4. The first-order chi connectivity index (χ1) is 57.7. The number of unbranched alkanes of at least 4 members (excludes halogenated alkanes) is 4. The fraction of sp³-hybridized carbons (Fsp3) is 0.622. The Morgan fingerprint density at radius 3 is 1.07 bits per heavy atom. The number of phenolic OH excluding ortho intramolecular Hbond substituents is 3. The first-order valence-electron chi connectivity index (χ1n) is 44.8. The summed E-state index contributed by atoms with van der Waals surface area (Å²) in [6.45, 7) is 29.1. The summed E-state index contributed by atoms with van der Waals surface area (Å²) >= 11 is 0. The summed E-state index contributed by atoms with van der Waals surface area (Å²) < 4.78 is 30.2. The minimum atomic E-state index is -1.20. The second-order valence-electron chi connectivity index (χ2n) is 38.3. The summed E-state index contributed by atoms with van der Waals surface area (Å²) in [5.74, 6) is -3.95. The lowest BCUT2D eigenvalue weighted by Crippen LogP contribution is -2.51. The molecule has 0 radical (unpaired) electrons. The van der Waals surface area contributed by atoms with E-state index in [4.69, 9.17) is 23.7 Å². The summed E-state index contributed by atoms with van der Waals surface area (Å²) in [7, 11) is 0. The Balaban J connectivity index is 0.000000150. The zero-order valence-electron chi connectivity index (χ0n) is 74.5. The Morgan fingerprint density at radius 1 is 0.382 bits per heavy atom. The number of benzene rings is 5. The number of carboxylic acids is 3. The van der Waals surface area contributed by atoms with Gasteiger partial charge in [-0.25, -0.2) is 14.4 Å². The molecule has 4 unspecified atom stereocenters. The third kappa shape index (κ3) is 18.7. The minimum absolute atomic E-state index is 0.0414. The summed E-state index contributed by atoms with van der Waals surface area (Å²) in [5.41, 5.74) is 0.995. The minimum Gasteiger partial charge on any atom is -0.508 e. The van der Waals surface area contributed by atoms with Gasteiger partial charge in [0.1, 0.15) is 128 Å². The number of carbonyl (C=O) groups excluding carboxylic acids is 4. The number of aryl methyl sites for hydroxylation is 5. The van der Waals surface area contributed by atoms with Gasteiger partial charge in [0.15, 0.2) is 0 Å². The van der Waals surface area contributed by atoms with Crippen LogP contribution in [0.3, 0.4) is 0 Å². The lowest BCUT2D eigenvalue weighted by atomic mass is 9.65. The monoisotopic (exact) mass is 1710 g/mol. The molecular formula is C98H132O25. The molecule has 25 nitrogen and oxygen atoms in total. The molecular weight excluding hydrogens is 1580 g/mol. The van der Waals surface area contributed by atoms with Gasteiger partial charge in [0.2, 0.25) is 0 Å². The molecule has 5 heterocycles. The summed E-state index contributed by atoms with van der Waals surface area (Å²) in [6.07, 6.45) is 15.1. The molecule has 15 rings (SSSR count). The molecule has 123 heavy (non-hydrogen) atoms. The van der Waals surface area contributed by atoms with Crippen molar-refractivity contribution in [1.29, 1.82) is 0 Å². The van der Waals surface area contributed by atoms with Crippen LogP contribution in [0.5, 0.6) is 57.5 Å². The maximum atomic E-state index is 12.2. The highest BCUT2D eigenvalue weighted by Gasteiger charge is 2.60. The van der Waals surface area contributed by atoms with Gasteiger partial charge in [0.25, 0.3) is 0 Å². The first-order valence-corrected chi connectivity index (χ1v) is 44.8. The van der Waals surface area contributed by atoms with E-state index in [2.05, 4.69) is 40.7 Å². The molecule has 13 N–H and O–H groups in total. The second kappa shape index (κ2) is 37.3. The van der Waals surface area contributed by atoms with Gasteiger partial charge < -0.3 is 90.1 Å². The smallest absolute Gasteiger partial charge is 0.339 e. The van der Waals surface area contributed by atoms with Crippen LogP contribution >= 0.6 is 0 Å². The van der Waals surface area contributed by atoms with Crippen LogP contribution in [-0.2, 0) is 51.3 Å². The fourth-order valence-electron chi connectivity index (χ4n) is 22.1. The van der Waals surface area contributed by atoms with Crippen molar-refractivity contribution in [3.8, 4) is 57.5 Å². The molecule has 20 atom stereocenters. The number of fused-ring (bicyclic) bond motifs is 15. The van der Waals surface area contributed by atoms with Gasteiger partial charge in [0.05, 0.1) is 28.0 Å². The van der Waals surface area contributed by atoms with Crippen LogP contribution in [-0.4, -0.2) is 166 Å². The Labute approximate surface area is 721 Å². The van der Waals surface area contributed by atoms with E-state index in [0.29, 0.717) is 138 Å². The molecule has 5 fully saturated rings. The van der Waals surface area contributed by atoms with Crippen molar-refractivity contribution in [2.24, 2.45) is 35.5 Å². The SMILES string of the molecule is CCCCCc1cc(O)c2c(c1C(=O)O)O[C@H]1[C@@H]2[C@H](C(C)=O)CC[C@]1(C)O.CCCCCc1cc2c(c(O)c1C(=O)O)[C@H]1[C@H](C(C)=O)CC[C@](C)(O)[C@H]1O2.CCCc1cc(O)c2c(c1)OC1C(C)CCC(C(C)(C)O)C21.CCCc1cc(O)c2c(c1)O[C@H]1[C@@H]2[C@H](C(C)=O)CC[C@]1(C)O.CCCc1cc2c(c(O)c1C(=O)O)[C@H]1[C@H](C(C)=O)CC[C@](C)(O)[C@H]1O2. The van der Waals surface area contributed by atoms with E-state index in [1.54, 1.807) is 52.8 Å². The van der Waals surface area contributed by atoms with E-state index in [9.17, 15) is 99.9 Å². The normalized spacial score (nSPS) is 30.3. The molecule has 5 aliphatic heterocycles. The van der Waals surface area contributed by atoms with Crippen molar-refractivity contribution in [2.45, 2.75) is 353 Å². The zero-order valence-corrected chi connectivity index (χ0v) is 74.5. The van der Waals surface area contributed by atoms with Crippen molar-refractivity contribution >= 4 is 41.0 Å². The zero-order chi connectivity index (χ0) is 90.5. The van der Waals surface area contributed by atoms with E-state index in [0.717, 1.165) is 106 Å². The van der Waals surface area contributed by atoms with Crippen molar-refractivity contribution in [3.05, 3.63) is 115 Å². The van der Waals surface area contributed by atoms with Crippen LogP contribution in [0.4, 0.5) is 0 Å². The van der Waals surface area contributed by atoms with Crippen LogP contribution in [0.15, 0.2) is 42.5 Å². The molecule has 10 aliphatic rings. The molecule has 5 saturated carbocycles. The summed E-state index contributed by atoms with van der Waals surface area (Å²) in [5, 5.41) is 136. The number of rotatable bonds is 22. The summed E-state index contributed by atoms with van der Waals surface area (Å²) in [6, 6.07) is 12.5. The third-order valence-electron chi connectivity index (χ3n) is 28.4. The fourth-order valence-corrected chi connectivity index (χ4v) is 22.1. The highest BCUT2D eigenvalue weighted by atomic mass is 16.5. The number of ether oxygens (including phenoxy) is 5. The number of carbonyl (C=O) groups is 7. The molecule has 25 heteroatoms. The highest BCUT2D eigenvalue weighted by Crippen LogP contribution is 2.62. The van der Waals surface area contributed by atoms with Gasteiger partial charge >= 0.3 is 17.9 Å². The lowest BCUT2D eigenvalue weighted by Gasteiger charge is -2.42. The van der Waals surface area contributed by atoms with Crippen LogP contribution in [0.1, 0.15) is 349 Å². The predicted molar refractivity (Wildman–Crippen MR) is 460 cm³/mol. The quantitative estimate of drug-likeness (QED) is 0.0286. The Morgan fingerprint density at radius 2 is 0.707 bits per heavy atom. The number of ketones is 4. The van der Waals surface area contributed by atoms with Crippen molar-refractivity contribution in [1.82, 2.24) is 0 Å². The van der Waals surface area contributed by atoms with Gasteiger partial charge in [-0.05, 0) is 261 Å². The van der Waals surface area contributed by atoms with E-state index in [1.165, 1.54) is 26.8 Å². The molecule has 0 spiro atoms. The molecule has 5 aromatic rings. The van der Waals surface area contributed by atoms with E-state index >= 15 is 0 Å². The van der Waals surface area contributed by atoms with E-state index < -0.39 is 106 Å². The number of aliphatic hydroxyl groups is 5. The van der Waals surface area contributed by atoms with Gasteiger partial charge in [-0.15, -0.1) is 0 Å². The topological polar surface area (TPSA) is 429 Å². The maximum Gasteiger partial charge on any atom is 0.339 e. The Bertz CT molecular complexity index is 4780.